The Balaban J connectivity index is 3.01. The lowest BCUT2D eigenvalue weighted by atomic mass is 10.1. The molecule has 0 saturated heterocycles. The van der Waals surface area contributed by atoms with E-state index in [-0.39, 0.29) is 5.91 Å². The van der Waals surface area contributed by atoms with Crippen molar-refractivity contribution in [2.24, 2.45) is 5.73 Å². The molecule has 0 amide bonds. The minimum Gasteiger partial charge on any atom is -0.318 e. The number of nitrogens with two attached hydrogens (primary N) is 1. The highest BCUT2D eigenvalue weighted by atomic mass is 16.2. The number of imidazole rings is 1. The largest absolute Gasteiger partial charge is 0.318 e. The molecule has 1 aromatic rings. The first-order valence-electron chi connectivity index (χ1n) is 3.76. The third-order valence-corrected chi connectivity index (χ3v) is 1.60. The highest BCUT2D eigenvalue weighted by Gasteiger charge is 2.24. The van der Waals surface area contributed by atoms with Crippen molar-refractivity contribution in [3.05, 3.63) is 18.2 Å². The monoisotopic (exact) mass is 167 g/mol. The number of nitrogens with zero attached hydrogens (tertiary/aromatic N) is 2. The summed E-state index contributed by atoms with van der Waals surface area (Å²) >= 11 is 0. The van der Waals surface area contributed by atoms with Crippen LogP contribution in [0.1, 0.15) is 24.5 Å². The smallest absolute Gasteiger partial charge is 0.251 e. The third-order valence-electron chi connectivity index (χ3n) is 1.60. The molecule has 12 heavy (non-hydrogen) atoms. The van der Waals surface area contributed by atoms with Gasteiger partial charge in [0.05, 0.1) is 5.54 Å². The van der Waals surface area contributed by atoms with E-state index in [1.54, 1.807) is 33.2 Å². The van der Waals surface area contributed by atoms with Crippen LogP contribution in [0, 0.1) is 6.92 Å². The molecule has 0 spiro atoms. The van der Waals surface area contributed by atoms with Crippen molar-refractivity contribution in [3.8, 4) is 0 Å². The van der Waals surface area contributed by atoms with Crippen LogP contribution in [0.25, 0.3) is 0 Å². The number of hydrogen-bond acceptors (Lipinski definition) is 3. The molecule has 0 aliphatic carbocycles. The van der Waals surface area contributed by atoms with E-state index in [4.69, 9.17) is 5.73 Å². The Hall–Kier alpha value is -1.16. The normalized spacial score (nSPS) is 11.7. The summed E-state index contributed by atoms with van der Waals surface area (Å²) in [6, 6.07) is 0. The Labute approximate surface area is 71.4 Å². The van der Waals surface area contributed by atoms with Crippen LogP contribution in [0.5, 0.6) is 0 Å². The topological polar surface area (TPSA) is 60.9 Å². The Morgan fingerprint density at radius 1 is 1.67 bits per heavy atom. The molecule has 0 atom stereocenters. The summed E-state index contributed by atoms with van der Waals surface area (Å²) in [6.45, 7) is 5.12. The molecule has 1 heterocycles. The van der Waals surface area contributed by atoms with Crippen LogP contribution in [-0.2, 0) is 0 Å². The minimum absolute atomic E-state index is 0.141. The van der Waals surface area contributed by atoms with E-state index in [1.165, 1.54) is 4.57 Å². The zero-order valence-corrected chi connectivity index (χ0v) is 7.53. The quantitative estimate of drug-likeness (QED) is 0.665. The van der Waals surface area contributed by atoms with Gasteiger partial charge in [-0.15, -0.1) is 0 Å². The lowest BCUT2D eigenvalue weighted by molar-refractivity contribution is 0.0824. The van der Waals surface area contributed by atoms with Crippen LogP contribution < -0.4 is 5.73 Å². The van der Waals surface area contributed by atoms with Gasteiger partial charge >= 0.3 is 0 Å². The van der Waals surface area contributed by atoms with Crippen molar-refractivity contribution < 1.29 is 4.79 Å². The van der Waals surface area contributed by atoms with E-state index in [0.717, 1.165) is 0 Å². The van der Waals surface area contributed by atoms with Crippen molar-refractivity contribution in [1.82, 2.24) is 9.55 Å². The van der Waals surface area contributed by atoms with Crippen molar-refractivity contribution in [1.29, 1.82) is 0 Å². The van der Waals surface area contributed by atoms with Crippen LogP contribution in [0.3, 0.4) is 0 Å². The maximum Gasteiger partial charge on any atom is 0.251 e. The molecular formula is C8H13N3O. The van der Waals surface area contributed by atoms with Gasteiger partial charge in [-0.05, 0) is 20.8 Å². The fraction of sp³-hybridized carbons (Fsp3) is 0.500. The fourth-order valence-electron chi connectivity index (χ4n) is 0.903. The average molecular weight is 167 g/mol. The lowest BCUT2D eigenvalue weighted by Crippen LogP contribution is -2.44. The summed E-state index contributed by atoms with van der Waals surface area (Å²) in [5.74, 6) is 0.524. The van der Waals surface area contributed by atoms with Gasteiger partial charge in [0, 0.05) is 12.4 Å². The molecule has 4 heteroatoms. The molecule has 0 bridgehead atoms. The van der Waals surface area contributed by atoms with Crippen LogP contribution in [0.15, 0.2) is 12.4 Å². The van der Waals surface area contributed by atoms with E-state index < -0.39 is 5.54 Å². The summed E-state index contributed by atoms with van der Waals surface area (Å²) in [5, 5.41) is 0. The van der Waals surface area contributed by atoms with Crippen LogP contribution in [0.2, 0.25) is 0 Å². The third kappa shape index (κ3) is 1.53. The summed E-state index contributed by atoms with van der Waals surface area (Å²) < 4.78 is 1.46. The molecule has 0 aliphatic rings. The van der Waals surface area contributed by atoms with E-state index in [2.05, 4.69) is 4.98 Å². The summed E-state index contributed by atoms with van der Waals surface area (Å²) in [7, 11) is 0. The second-order valence-electron chi connectivity index (χ2n) is 3.37. The standard InChI is InChI=1S/C8H13N3O/c1-6-10-4-5-11(6)7(12)8(2,3)9/h4-5H,9H2,1-3H3. The summed E-state index contributed by atoms with van der Waals surface area (Å²) in [5.41, 5.74) is 4.80. The van der Waals surface area contributed by atoms with Gasteiger partial charge in [-0.3, -0.25) is 9.36 Å². The van der Waals surface area contributed by atoms with Gasteiger partial charge in [-0.25, -0.2) is 4.98 Å². The van der Waals surface area contributed by atoms with Crippen molar-refractivity contribution in [2.75, 3.05) is 0 Å². The van der Waals surface area contributed by atoms with Gasteiger partial charge in [0.25, 0.3) is 5.91 Å². The summed E-state index contributed by atoms with van der Waals surface area (Å²) in [4.78, 5) is 15.5. The van der Waals surface area contributed by atoms with E-state index in [9.17, 15) is 4.79 Å². The predicted molar refractivity (Wildman–Crippen MR) is 45.9 cm³/mol. The highest BCUT2D eigenvalue weighted by Crippen LogP contribution is 2.04. The van der Waals surface area contributed by atoms with Crippen LogP contribution in [0.4, 0.5) is 0 Å². The van der Waals surface area contributed by atoms with Gasteiger partial charge in [0.2, 0.25) is 0 Å². The molecule has 0 fully saturated rings. The second kappa shape index (κ2) is 2.71. The molecule has 66 valence electrons. The molecule has 0 unspecified atom stereocenters. The zero-order valence-electron chi connectivity index (χ0n) is 7.53. The van der Waals surface area contributed by atoms with Crippen molar-refractivity contribution >= 4 is 5.91 Å². The first-order valence-corrected chi connectivity index (χ1v) is 3.76. The maximum atomic E-state index is 11.5. The molecule has 0 radical (unpaired) electrons. The van der Waals surface area contributed by atoms with Crippen LogP contribution in [-0.4, -0.2) is 21.0 Å². The van der Waals surface area contributed by atoms with E-state index in [1.807, 2.05) is 0 Å². The number of hydrogen-bond donors (Lipinski definition) is 1. The number of carbonyl (C=O) groups is 1. The number of aromatic nitrogens is 2. The summed E-state index contributed by atoms with van der Waals surface area (Å²) in [6.07, 6.45) is 3.20. The SMILES string of the molecule is Cc1nccn1C(=O)C(C)(C)N. The van der Waals surface area contributed by atoms with Gasteiger partial charge in [0.15, 0.2) is 0 Å². The van der Waals surface area contributed by atoms with Crippen LogP contribution >= 0.6 is 0 Å². The Kier molecular flexibility index (Phi) is 2.02. The molecule has 0 saturated carbocycles. The van der Waals surface area contributed by atoms with Gasteiger partial charge in [0.1, 0.15) is 5.82 Å². The number of rotatable bonds is 1. The Morgan fingerprint density at radius 3 is 2.58 bits per heavy atom. The molecule has 0 aliphatic heterocycles. The van der Waals surface area contributed by atoms with Crippen molar-refractivity contribution in [3.63, 3.8) is 0 Å². The first-order chi connectivity index (χ1) is 5.43. The van der Waals surface area contributed by atoms with Gasteiger partial charge in [-0.2, -0.15) is 0 Å². The van der Waals surface area contributed by atoms with Gasteiger partial charge < -0.3 is 5.73 Å². The van der Waals surface area contributed by atoms with E-state index in [0.29, 0.717) is 5.82 Å². The average Bonchev–Trinajstić information content (AvgIpc) is 2.31. The molecule has 4 nitrogen and oxygen atoms in total. The molecular weight excluding hydrogens is 154 g/mol. The zero-order chi connectivity index (χ0) is 9.35. The number of aryl methyl sites for hydroxylation is 1. The first kappa shape index (κ1) is 8.93. The highest BCUT2D eigenvalue weighted by molar-refractivity contribution is 5.87. The van der Waals surface area contributed by atoms with Gasteiger partial charge in [-0.1, -0.05) is 0 Å². The maximum absolute atomic E-state index is 11.5. The minimum atomic E-state index is -0.842. The molecule has 0 aromatic carbocycles. The Bertz CT molecular complexity index is 295. The fourth-order valence-corrected chi connectivity index (χ4v) is 0.903. The number of carbonyl (C=O) groups excluding carboxylic acids is 1. The molecule has 1 aromatic heterocycles. The van der Waals surface area contributed by atoms with E-state index >= 15 is 0 Å². The lowest BCUT2D eigenvalue weighted by Gasteiger charge is -2.17. The second-order valence-corrected chi connectivity index (χ2v) is 3.37. The molecule has 1 rings (SSSR count). The Morgan fingerprint density at radius 2 is 2.25 bits per heavy atom. The predicted octanol–water partition coefficient (Wildman–Crippen LogP) is 0.569. The molecule has 2 N–H and O–H groups in total. The van der Waals surface area contributed by atoms with Crippen molar-refractivity contribution in [2.45, 2.75) is 26.3 Å².